The molecule has 1 aliphatic heterocycles. The fourth-order valence-electron chi connectivity index (χ4n) is 2.88. The van der Waals surface area contributed by atoms with Crippen molar-refractivity contribution in [2.75, 3.05) is 12.0 Å². The summed E-state index contributed by atoms with van der Waals surface area (Å²) in [5.74, 6) is 7.01. The van der Waals surface area contributed by atoms with Crippen LogP contribution >= 0.6 is 0 Å². The Balaban J connectivity index is 2.07. The molecule has 0 aromatic carbocycles. The minimum atomic E-state index is 0.692. The van der Waals surface area contributed by atoms with E-state index in [1.54, 1.807) is 0 Å². The Hall–Kier alpha value is -1.20. The van der Waals surface area contributed by atoms with Crippen molar-refractivity contribution in [3.8, 4) is 0 Å². The van der Waals surface area contributed by atoms with Crippen LogP contribution in [0.15, 0.2) is 6.07 Å². The molecule has 1 atom stereocenters. The molecule has 0 spiro atoms. The smallest absolute Gasteiger partial charge is 0.145 e. The normalized spacial score (nSPS) is 20.5. The van der Waals surface area contributed by atoms with E-state index in [4.69, 9.17) is 5.84 Å². The molecule has 1 unspecified atom stereocenters. The van der Waals surface area contributed by atoms with Gasteiger partial charge in [0, 0.05) is 17.8 Å². The lowest BCUT2D eigenvalue weighted by molar-refractivity contribution is 0.128. The Kier molecular flexibility index (Phi) is 5.10. The second kappa shape index (κ2) is 6.82. The predicted molar refractivity (Wildman–Crippen MR) is 77.5 cm³/mol. The second-order valence-electron chi connectivity index (χ2n) is 5.36. The van der Waals surface area contributed by atoms with E-state index in [0.717, 1.165) is 24.6 Å². The average Bonchev–Trinajstić information content (AvgIpc) is 2.40. The second-order valence-corrected chi connectivity index (χ2v) is 5.36. The first-order valence-corrected chi connectivity index (χ1v) is 7.28. The van der Waals surface area contributed by atoms with Crippen molar-refractivity contribution in [3.63, 3.8) is 0 Å². The minimum absolute atomic E-state index is 0.692. The third kappa shape index (κ3) is 3.88. The number of nitrogens with zero attached hydrogens (tertiary/aromatic N) is 3. The Morgan fingerprint density at radius 1 is 1.42 bits per heavy atom. The summed E-state index contributed by atoms with van der Waals surface area (Å²) in [5.41, 5.74) is 3.57. The van der Waals surface area contributed by atoms with Gasteiger partial charge in [0.25, 0.3) is 0 Å². The maximum absolute atomic E-state index is 5.44. The zero-order chi connectivity index (χ0) is 13.7. The van der Waals surface area contributed by atoms with E-state index < -0.39 is 0 Å². The van der Waals surface area contributed by atoms with Crippen molar-refractivity contribution in [2.45, 2.75) is 58.5 Å². The largest absolute Gasteiger partial charge is 0.308 e. The van der Waals surface area contributed by atoms with Crippen LogP contribution in [0.5, 0.6) is 0 Å². The molecule has 1 aliphatic rings. The molecule has 1 fully saturated rings. The van der Waals surface area contributed by atoms with Gasteiger partial charge in [-0.05, 0) is 32.7 Å². The maximum atomic E-state index is 5.44. The summed E-state index contributed by atoms with van der Waals surface area (Å²) >= 11 is 0. The van der Waals surface area contributed by atoms with Gasteiger partial charge >= 0.3 is 0 Å². The van der Waals surface area contributed by atoms with Crippen molar-refractivity contribution in [2.24, 2.45) is 5.84 Å². The summed E-state index contributed by atoms with van der Waals surface area (Å²) in [6.45, 7) is 6.23. The van der Waals surface area contributed by atoms with Gasteiger partial charge in [0.1, 0.15) is 11.6 Å². The number of aryl methyl sites for hydroxylation is 1. The molecule has 0 bridgehead atoms. The summed E-state index contributed by atoms with van der Waals surface area (Å²) in [7, 11) is 0. The SMILES string of the molecule is CCCC1CCCCN1Cc1nc(C)cc(NN)n1. The van der Waals surface area contributed by atoms with Crippen molar-refractivity contribution < 1.29 is 0 Å². The van der Waals surface area contributed by atoms with Crippen LogP contribution in [0.2, 0.25) is 0 Å². The van der Waals surface area contributed by atoms with Crippen molar-refractivity contribution in [1.29, 1.82) is 0 Å². The van der Waals surface area contributed by atoms with Gasteiger partial charge in [-0.2, -0.15) is 0 Å². The number of hydrazine groups is 1. The maximum Gasteiger partial charge on any atom is 0.145 e. The molecular formula is C14H25N5. The molecule has 5 heteroatoms. The van der Waals surface area contributed by atoms with Gasteiger partial charge in [-0.3, -0.25) is 4.90 Å². The summed E-state index contributed by atoms with van der Waals surface area (Å²) in [6, 6.07) is 2.56. The van der Waals surface area contributed by atoms with Crippen LogP contribution in [0.1, 0.15) is 50.5 Å². The molecule has 19 heavy (non-hydrogen) atoms. The third-order valence-electron chi connectivity index (χ3n) is 3.76. The van der Waals surface area contributed by atoms with Gasteiger partial charge in [0.05, 0.1) is 6.54 Å². The quantitative estimate of drug-likeness (QED) is 0.630. The lowest BCUT2D eigenvalue weighted by Gasteiger charge is -2.35. The Morgan fingerprint density at radius 3 is 3.00 bits per heavy atom. The van der Waals surface area contributed by atoms with Gasteiger partial charge < -0.3 is 5.43 Å². The van der Waals surface area contributed by atoms with Crippen LogP contribution in [0, 0.1) is 6.92 Å². The number of likely N-dealkylation sites (tertiary alicyclic amines) is 1. The van der Waals surface area contributed by atoms with E-state index >= 15 is 0 Å². The van der Waals surface area contributed by atoms with E-state index in [1.165, 1.54) is 32.1 Å². The first-order valence-electron chi connectivity index (χ1n) is 7.28. The molecule has 2 rings (SSSR count). The van der Waals surface area contributed by atoms with Crippen LogP contribution in [-0.2, 0) is 6.54 Å². The molecular weight excluding hydrogens is 238 g/mol. The minimum Gasteiger partial charge on any atom is -0.308 e. The lowest BCUT2D eigenvalue weighted by Crippen LogP contribution is -2.39. The number of hydrogen-bond donors (Lipinski definition) is 2. The number of hydrogen-bond acceptors (Lipinski definition) is 5. The number of piperidine rings is 1. The third-order valence-corrected chi connectivity index (χ3v) is 3.76. The molecule has 3 N–H and O–H groups in total. The summed E-state index contributed by atoms with van der Waals surface area (Å²) in [5, 5.41) is 0. The number of nitrogens with one attached hydrogen (secondary N) is 1. The molecule has 1 aromatic heterocycles. The topological polar surface area (TPSA) is 67.1 Å². The number of nitrogen functional groups attached to an aromatic ring is 1. The highest BCUT2D eigenvalue weighted by molar-refractivity contribution is 5.33. The predicted octanol–water partition coefficient (Wildman–Crippen LogP) is 2.23. The standard InChI is InChI=1S/C14H25N5/c1-3-6-12-7-4-5-8-19(12)10-14-16-11(2)9-13(17-14)18-15/h9,12H,3-8,10,15H2,1-2H3,(H,16,17,18). The fourth-order valence-corrected chi connectivity index (χ4v) is 2.88. The molecule has 5 nitrogen and oxygen atoms in total. The number of anilines is 1. The van der Waals surface area contributed by atoms with Gasteiger partial charge in [0.15, 0.2) is 0 Å². The van der Waals surface area contributed by atoms with Crippen LogP contribution < -0.4 is 11.3 Å². The molecule has 0 aliphatic carbocycles. The van der Waals surface area contributed by atoms with Crippen LogP contribution in [0.4, 0.5) is 5.82 Å². The van der Waals surface area contributed by atoms with Crippen molar-refractivity contribution in [3.05, 3.63) is 17.6 Å². The van der Waals surface area contributed by atoms with Crippen molar-refractivity contribution in [1.82, 2.24) is 14.9 Å². The highest BCUT2D eigenvalue weighted by Gasteiger charge is 2.22. The van der Waals surface area contributed by atoms with Crippen LogP contribution in [0.3, 0.4) is 0 Å². The van der Waals surface area contributed by atoms with E-state index in [2.05, 4.69) is 27.2 Å². The number of nitrogens with two attached hydrogens (primary N) is 1. The summed E-state index contributed by atoms with van der Waals surface area (Å²) in [4.78, 5) is 11.5. The van der Waals surface area contributed by atoms with Crippen LogP contribution in [-0.4, -0.2) is 27.5 Å². The zero-order valence-electron chi connectivity index (χ0n) is 12.0. The highest BCUT2D eigenvalue weighted by atomic mass is 15.3. The zero-order valence-corrected chi connectivity index (χ0v) is 12.0. The molecule has 0 amide bonds. The van der Waals surface area contributed by atoms with E-state index in [9.17, 15) is 0 Å². The summed E-state index contributed by atoms with van der Waals surface area (Å²) in [6.07, 6.45) is 6.46. The monoisotopic (exact) mass is 263 g/mol. The van der Waals surface area contributed by atoms with E-state index in [0.29, 0.717) is 11.9 Å². The van der Waals surface area contributed by atoms with Gasteiger partial charge in [-0.15, -0.1) is 0 Å². The first kappa shape index (κ1) is 14.2. The Bertz CT molecular complexity index is 405. The van der Waals surface area contributed by atoms with Gasteiger partial charge in [-0.25, -0.2) is 15.8 Å². The number of aromatic nitrogens is 2. The molecule has 1 aromatic rings. The molecule has 2 heterocycles. The number of rotatable bonds is 5. The van der Waals surface area contributed by atoms with Crippen LogP contribution in [0.25, 0.3) is 0 Å². The molecule has 106 valence electrons. The average molecular weight is 263 g/mol. The van der Waals surface area contributed by atoms with E-state index in [1.807, 2.05) is 13.0 Å². The molecule has 1 saturated heterocycles. The van der Waals surface area contributed by atoms with E-state index in [-0.39, 0.29) is 0 Å². The summed E-state index contributed by atoms with van der Waals surface area (Å²) < 4.78 is 0. The van der Waals surface area contributed by atoms with Gasteiger partial charge in [-0.1, -0.05) is 19.8 Å². The first-order chi connectivity index (χ1) is 9.22. The highest BCUT2D eigenvalue weighted by Crippen LogP contribution is 2.22. The molecule has 0 radical (unpaired) electrons. The molecule has 0 saturated carbocycles. The van der Waals surface area contributed by atoms with Gasteiger partial charge in [0.2, 0.25) is 0 Å². The fraction of sp³-hybridized carbons (Fsp3) is 0.714. The van der Waals surface area contributed by atoms with Crippen molar-refractivity contribution >= 4 is 5.82 Å². The lowest BCUT2D eigenvalue weighted by atomic mass is 9.98. The Labute approximate surface area is 115 Å². The Morgan fingerprint density at radius 2 is 2.26 bits per heavy atom.